The predicted molar refractivity (Wildman–Crippen MR) is 86.6 cm³/mol. The Morgan fingerprint density at radius 2 is 0.850 bits per heavy atom. The maximum atomic E-state index is 13.2. The highest BCUT2D eigenvalue weighted by Crippen LogP contribution is 2.62. The molecule has 0 rings (SSSR count). The van der Waals surface area contributed by atoms with Gasteiger partial charge in [-0.25, -0.2) is 0 Å². The summed E-state index contributed by atoms with van der Waals surface area (Å²) in [4.78, 5) is 13.2. The van der Waals surface area contributed by atoms with Gasteiger partial charge in [-0.2, -0.15) is 0 Å². The third-order valence-corrected chi connectivity index (χ3v) is 4.08. The molecule has 0 saturated heterocycles. The van der Waals surface area contributed by atoms with E-state index >= 15 is 0 Å². The zero-order valence-electron chi connectivity index (χ0n) is 15.8. The Kier molecular flexibility index (Phi) is 4.90. The molecule has 0 unspecified atom stereocenters. The van der Waals surface area contributed by atoms with Crippen molar-refractivity contribution in [1.82, 2.24) is 0 Å². The molecule has 0 saturated carbocycles. The standard InChI is InChI=1S/C18H36O2/c1-14(2,3)18(15(4,5)6,16(7,8)9)13(19)20-17(10,11)12/h1-12H3. The maximum Gasteiger partial charge on any atom is 0.314 e. The lowest BCUT2D eigenvalue weighted by molar-refractivity contribution is -0.205. The van der Waals surface area contributed by atoms with Gasteiger partial charge in [-0.3, -0.25) is 4.79 Å². The minimum atomic E-state index is -0.583. The minimum absolute atomic E-state index is 0.0856. The molecule has 0 aliphatic heterocycles. The lowest BCUT2D eigenvalue weighted by Gasteiger charge is -2.59. The molecule has 0 aromatic heterocycles. The van der Waals surface area contributed by atoms with Crippen LogP contribution < -0.4 is 0 Å². The number of carbonyl (C=O) groups excluding carboxylic acids is 1. The molecule has 0 aromatic carbocycles. The van der Waals surface area contributed by atoms with Crippen molar-refractivity contribution < 1.29 is 9.53 Å². The predicted octanol–water partition coefficient (Wildman–Crippen LogP) is 5.45. The van der Waals surface area contributed by atoms with Gasteiger partial charge in [0, 0.05) is 0 Å². The molecule has 0 radical (unpaired) electrons. The van der Waals surface area contributed by atoms with Crippen molar-refractivity contribution >= 4 is 5.97 Å². The summed E-state index contributed by atoms with van der Waals surface area (Å²) in [6.45, 7) is 25.1. The first-order chi connectivity index (χ1) is 8.38. The maximum absolute atomic E-state index is 13.2. The van der Waals surface area contributed by atoms with Gasteiger partial charge in [0.05, 0.1) is 5.41 Å². The molecular formula is C18H36O2. The summed E-state index contributed by atoms with van der Waals surface area (Å²) in [5, 5.41) is 0. The molecule has 0 aliphatic carbocycles. The lowest BCUT2D eigenvalue weighted by Crippen LogP contribution is -2.61. The third-order valence-electron chi connectivity index (χ3n) is 4.08. The first-order valence-electron chi connectivity index (χ1n) is 7.61. The highest BCUT2D eigenvalue weighted by atomic mass is 16.6. The molecule has 20 heavy (non-hydrogen) atoms. The van der Waals surface area contributed by atoms with Crippen LogP contribution in [0, 0.1) is 21.7 Å². The van der Waals surface area contributed by atoms with Gasteiger partial charge < -0.3 is 4.74 Å². The Bertz CT molecular complexity index is 315. The van der Waals surface area contributed by atoms with E-state index < -0.39 is 11.0 Å². The summed E-state index contributed by atoms with van der Waals surface area (Å²) in [6.07, 6.45) is 0. The normalized spacial score (nSPS) is 15.2. The second-order valence-corrected chi connectivity index (χ2v) is 10.0. The largest absolute Gasteiger partial charge is 0.459 e. The van der Waals surface area contributed by atoms with E-state index in [-0.39, 0.29) is 22.2 Å². The van der Waals surface area contributed by atoms with E-state index in [1.807, 2.05) is 20.8 Å². The van der Waals surface area contributed by atoms with Crippen LogP contribution in [0.4, 0.5) is 0 Å². The van der Waals surface area contributed by atoms with E-state index in [1.54, 1.807) is 0 Å². The first kappa shape index (κ1) is 19.5. The van der Waals surface area contributed by atoms with Crippen LogP contribution in [0.2, 0.25) is 0 Å². The molecule has 0 heterocycles. The zero-order valence-corrected chi connectivity index (χ0v) is 15.8. The van der Waals surface area contributed by atoms with E-state index in [0.29, 0.717) is 0 Å². The van der Waals surface area contributed by atoms with Crippen LogP contribution in [0.15, 0.2) is 0 Å². The van der Waals surface area contributed by atoms with Crippen molar-refractivity contribution in [3.05, 3.63) is 0 Å². The Hall–Kier alpha value is -0.530. The quantitative estimate of drug-likeness (QED) is 0.598. The molecule has 0 spiro atoms. The second-order valence-electron chi connectivity index (χ2n) is 10.0. The Balaban J connectivity index is 6.28. The van der Waals surface area contributed by atoms with E-state index in [4.69, 9.17) is 4.74 Å². The average molecular weight is 284 g/mol. The van der Waals surface area contributed by atoms with Gasteiger partial charge in [0.1, 0.15) is 5.60 Å². The van der Waals surface area contributed by atoms with Gasteiger partial charge >= 0.3 is 5.97 Å². The van der Waals surface area contributed by atoms with Crippen molar-refractivity contribution in [2.24, 2.45) is 21.7 Å². The van der Waals surface area contributed by atoms with E-state index in [9.17, 15) is 4.79 Å². The smallest absolute Gasteiger partial charge is 0.314 e. The Morgan fingerprint density at radius 1 is 0.600 bits per heavy atom. The SMILES string of the molecule is CC(C)(C)OC(=O)C(C(C)(C)C)(C(C)(C)C)C(C)(C)C. The van der Waals surface area contributed by atoms with E-state index in [0.717, 1.165) is 0 Å². The summed E-state index contributed by atoms with van der Waals surface area (Å²) in [7, 11) is 0. The van der Waals surface area contributed by atoms with Crippen LogP contribution in [0.5, 0.6) is 0 Å². The minimum Gasteiger partial charge on any atom is -0.459 e. The average Bonchev–Trinajstić information content (AvgIpc) is 1.88. The summed E-state index contributed by atoms with van der Waals surface area (Å²) in [5.41, 5.74) is -1.66. The van der Waals surface area contributed by atoms with E-state index in [1.165, 1.54) is 0 Å². The molecular weight excluding hydrogens is 248 g/mol. The zero-order chi connectivity index (χ0) is 16.8. The van der Waals surface area contributed by atoms with E-state index in [2.05, 4.69) is 62.3 Å². The van der Waals surface area contributed by atoms with Crippen LogP contribution in [0.25, 0.3) is 0 Å². The lowest BCUT2D eigenvalue weighted by atomic mass is 9.44. The molecule has 120 valence electrons. The van der Waals surface area contributed by atoms with Crippen LogP contribution in [-0.4, -0.2) is 11.6 Å². The molecule has 0 aromatic rings. The third kappa shape index (κ3) is 3.38. The van der Waals surface area contributed by atoms with Gasteiger partial charge in [0.2, 0.25) is 0 Å². The molecule has 0 amide bonds. The Morgan fingerprint density at radius 3 is 1.00 bits per heavy atom. The fraction of sp³-hybridized carbons (Fsp3) is 0.944. The molecule has 0 bridgehead atoms. The van der Waals surface area contributed by atoms with Crippen LogP contribution in [-0.2, 0) is 9.53 Å². The summed E-state index contributed by atoms with van der Waals surface area (Å²) >= 11 is 0. The number of ether oxygens (including phenoxy) is 1. The topological polar surface area (TPSA) is 26.3 Å². The van der Waals surface area contributed by atoms with Gasteiger partial charge in [0.15, 0.2) is 0 Å². The van der Waals surface area contributed by atoms with Gasteiger partial charge in [-0.15, -0.1) is 0 Å². The molecule has 0 N–H and O–H groups in total. The molecule has 2 nitrogen and oxygen atoms in total. The van der Waals surface area contributed by atoms with Crippen LogP contribution in [0.3, 0.4) is 0 Å². The molecule has 2 heteroatoms. The fourth-order valence-electron chi connectivity index (χ4n) is 4.65. The Labute approximate surface area is 126 Å². The molecule has 0 atom stereocenters. The monoisotopic (exact) mass is 284 g/mol. The van der Waals surface area contributed by atoms with Gasteiger partial charge in [-0.1, -0.05) is 62.3 Å². The summed E-state index contributed by atoms with van der Waals surface area (Å²) < 4.78 is 5.84. The van der Waals surface area contributed by atoms with Gasteiger partial charge in [0.25, 0.3) is 0 Å². The van der Waals surface area contributed by atoms with Crippen molar-refractivity contribution in [2.75, 3.05) is 0 Å². The molecule has 0 fully saturated rings. The summed E-state index contributed by atoms with van der Waals surface area (Å²) in [6, 6.07) is 0. The molecule has 0 aliphatic rings. The van der Waals surface area contributed by atoms with Crippen molar-refractivity contribution in [1.29, 1.82) is 0 Å². The number of hydrogen-bond acceptors (Lipinski definition) is 2. The van der Waals surface area contributed by atoms with Gasteiger partial charge in [-0.05, 0) is 37.0 Å². The summed E-state index contributed by atoms with van der Waals surface area (Å²) in [5.74, 6) is -0.0856. The van der Waals surface area contributed by atoms with Crippen molar-refractivity contribution in [2.45, 2.75) is 88.7 Å². The van der Waals surface area contributed by atoms with Crippen molar-refractivity contribution in [3.63, 3.8) is 0 Å². The van der Waals surface area contributed by atoms with Crippen molar-refractivity contribution in [3.8, 4) is 0 Å². The number of rotatable bonds is 1. The highest BCUT2D eigenvalue weighted by molar-refractivity contribution is 5.80. The highest BCUT2D eigenvalue weighted by Gasteiger charge is 2.64. The number of esters is 1. The second kappa shape index (κ2) is 5.03. The van der Waals surface area contributed by atoms with Crippen LogP contribution >= 0.6 is 0 Å². The number of hydrogen-bond donors (Lipinski definition) is 0. The fourth-order valence-corrected chi connectivity index (χ4v) is 4.65. The number of carbonyl (C=O) groups is 1. The first-order valence-corrected chi connectivity index (χ1v) is 7.61. The van der Waals surface area contributed by atoms with Crippen LogP contribution in [0.1, 0.15) is 83.1 Å².